The molecule has 2 aromatic rings. The van der Waals surface area contributed by atoms with Gasteiger partial charge in [0.1, 0.15) is 11.7 Å². The third-order valence-corrected chi connectivity index (χ3v) is 4.39. The maximum atomic E-state index is 13.9. The fourth-order valence-electron chi connectivity index (χ4n) is 1.88. The van der Waals surface area contributed by atoms with Crippen molar-refractivity contribution in [2.45, 2.75) is 5.92 Å². The minimum absolute atomic E-state index is 0.0565. The molecule has 0 heterocycles. The Morgan fingerprint density at radius 1 is 1.29 bits per heavy atom. The van der Waals surface area contributed by atoms with Crippen molar-refractivity contribution < 1.29 is 9.18 Å². The minimum atomic E-state index is -1.30. The topological polar surface area (TPSA) is 40.9 Å². The van der Waals surface area contributed by atoms with Crippen LogP contribution in [0.3, 0.4) is 0 Å². The fourth-order valence-corrected chi connectivity index (χ4v) is 2.96. The van der Waals surface area contributed by atoms with Gasteiger partial charge in [0.15, 0.2) is 5.78 Å². The van der Waals surface area contributed by atoms with Crippen molar-refractivity contribution in [3.05, 3.63) is 67.3 Å². The van der Waals surface area contributed by atoms with Crippen LogP contribution in [0.25, 0.3) is 0 Å². The summed E-state index contributed by atoms with van der Waals surface area (Å²) in [5.41, 5.74) is 0.189. The van der Waals surface area contributed by atoms with E-state index in [-0.39, 0.29) is 16.1 Å². The number of benzene rings is 2. The van der Waals surface area contributed by atoms with Crippen LogP contribution in [0.4, 0.5) is 4.39 Å². The summed E-state index contributed by atoms with van der Waals surface area (Å²) in [5, 5.41) is 9.35. The van der Waals surface area contributed by atoms with E-state index in [9.17, 15) is 14.4 Å². The summed E-state index contributed by atoms with van der Waals surface area (Å²) >= 11 is 12.5. The Labute approximate surface area is 142 Å². The summed E-state index contributed by atoms with van der Waals surface area (Å²) in [6.07, 6.45) is 0. The molecule has 1 unspecified atom stereocenters. The van der Waals surface area contributed by atoms with Gasteiger partial charge in [-0.25, -0.2) is 4.39 Å². The van der Waals surface area contributed by atoms with Crippen LogP contribution in [-0.2, 0) is 0 Å². The predicted octanol–water partition coefficient (Wildman–Crippen LogP) is 5.49. The highest BCUT2D eigenvalue weighted by Gasteiger charge is 2.28. The molecule has 0 radical (unpaired) electrons. The van der Waals surface area contributed by atoms with Crippen LogP contribution in [0, 0.1) is 17.1 Å². The number of carbonyl (C=O) groups excluding carboxylic acids is 1. The third-order valence-electron chi connectivity index (χ3n) is 2.87. The Morgan fingerprint density at radius 2 is 2.00 bits per heavy atom. The number of ketones is 1. The molecule has 106 valence electrons. The van der Waals surface area contributed by atoms with E-state index in [4.69, 9.17) is 11.6 Å². The maximum Gasteiger partial charge on any atom is 0.185 e. The van der Waals surface area contributed by atoms with Crippen LogP contribution in [0.15, 0.2) is 45.3 Å². The van der Waals surface area contributed by atoms with Crippen molar-refractivity contribution in [1.82, 2.24) is 0 Å². The normalized spacial score (nSPS) is 11.8. The van der Waals surface area contributed by atoms with Crippen LogP contribution in [0.1, 0.15) is 21.8 Å². The van der Waals surface area contributed by atoms with Gasteiger partial charge in [-0.1, -0.05) is 49.5 Å². The van der Waals surface area contributed by atoms with E-state index in [1.165, 1.54) is 18.2 Å². The average molecular weight is 431 g/mol. The van der Waals surface area contributed by atoms with E-state index in [2.05, 4.69) is 31.9 Å². The van der Waals surface area contributed by atoms with E-state index in [0.29, 0.717) is 8.95 Å². The van der Waals surface area contributed by atoms with Crippen molar-refractivity contribution in [2.75, 3.05) is 0 Å². The first-order valence-corrected chi connectivity index (χ1v) is 7.75. The van der Waals surface area contributed by atoms with Crippen molar-refractivity contribution in [2.24, 2.45) is 0 Å². The van der Waals surface area contributed by atoms with Crippen LogP contribution in [-0.4, -0.2) is 5.78 Å². The van der Waals surface area contributed by atoms with E-state index in [1.54, 1.807) is 18.2 Å². The average Bonchev–Trinajstić information content (AvgIpc) is 2.45. The molecule has 0 aliphatic heterocycles. The summed E-state index contributed by atoms with van der Waals surface area (Å²) < 4.78 is 15.2. The molecule has 0 saturated carbocycles. The Bertz CT molecular complexity index is 738. The second kappa shape index (κ2) is 6.69. The number of nitrogens with zero attached hydrogens (tertiary/aromatic N) is 1. The summed E-state index contributed by atoms with van der Waals surface area (Å²) in [4.78, 5) is 12.6. The summed E-state index contributed by atoms with van der Waals surface area (Å²) in [5.74, 6) is -2.49. The molecule has 0 saturated heterocycles. The molecule has 0 N–H and O–H groups in total. The molecule has 0 aliphatic rings. The number of halogens is 4. The zero-order valence-corrected chi connectivity index (χ0v) is 14.3. The molecule has 0 aromatic heterocycles. The molecule has 0 spiro atoms. The van der Waals surface area contributed by atoms with Crippen LogP contribution in [0.2, 0.25) is 5.02 Å². The number of Topliss-reactive ketones (excluding diaryl/α,β-unsaturated/α-hetero) is 1. The molecule has 0 fully saturated rings. The van der Waals surface area contributed by atoms with Gasteiger partial charge in [-0.3, -0.25) is 4.79 Å². The Kier molecular flexibility index (Phi) is 5.15. The number of rotatable bonds is 3. The van der Waals surface area contributed by atoms with Crippen molar-refractivity contribution in [3.63, 3.8) is 0 Å². The van der Waals surface area contributed by atoms with Gasteiger partial charge in [0.05, 0.1) is 6.07 Å². The number of nitriles is 1. The lowest BCUT2D eigenvalue weighted by Gasteiger charge is -2.13. The quantitative estimate of drug-likeness (QED) is 0.603. The van der Waals surface area contributed by atoms with Gasteiger partial charge in [-0.05, 0) is 30.3 Å². The van der Waals surface area contributed by atoms with Crippen LogP contribution >= 0.6 is 43.5 Å². The second-order valence-corrected chi connectivity index (χ2v) is 6.36. The Morgan fingerprint density at radius 3 is 2.62 bits per heavy atom. The van der Waals surface area contributed by atoms with Gasteiger partial charge < -0.3 is 0 Å². The van der Waals surface area contributed by atoms with E-state index in [0.717, 1.165) is 0 Å². The van der Waals surface area contributed by atoms with Crippen molar-refractivity contribution >= 4 is 49.2 Å². The lowest BCUT2D eigenvalue weighted by Crippen LogP contribution is -2.14. The molecule has 6 heteroatoms. The molecule has 0 amide bonds. The highest BCUT2D eigenvalue weighted by atomic mass is 79.9. The fraction of sp³-hybridized carbons (Fsp3) is 0.0667. The van der Waals surface area contributed by atoms with Gasteiger partial charge in [0.2, 0.25) is 0 Å². The highest BCUT2D eigenvalue weighted by molar-refractivity contribution is 9.11. The first kappa shape index (κ1) is 16.2. The molecular weight excluding hydrogens is 424 g/mol. The first-order chi connectivity index (χ1) is 9.95. The minimum Gasteiger partial charge on any atom is -0.292 e. The summed E-state index contributed by atoms with van der Waals surface area (Å²) in [7, 11) is 0. The Balaban J connectivity index is 2.55. The van der Waals surface area contributed by atoms with E-state index < -0.39 is 17.5 Å². The van der Waals surface area contributed by atoms with Gasteiger partial charge in [0, 0.05) is 25.1 Å². The summed E-state index contributed by atoms with van der Waals surface area (Å²) in [6, 6.07) is 10.9. The molecule has 0 bridgehead atoms. The van der Waals surface area contributed by atoms with E-state index in [1.807, 2.05) is 6.07 Å². The standard InChI is InChI=1S/C15H7Br2ClFNO/c16-8-4-5-11(17)9(6-8)15(21)10(7-20)14-12(18)2-1-3-13(14)19/h1-6,10H. The predicted molar refractivity (Wildman–Crippen MR) is 85.9 cm³/mol. The molecule has 1 atom stereocenters. The van der Waals surface area contributed by atoms with Gasteiger partial charge in [0.25, 0.3) is 0 Å². The molecule has 2 rings (SSSR count). The lowest BCUT2D eigenvalue weighted by molar-refractivity contribution is 0.0976. The molecule has 21 heavy (non-hydrogen) atoms. The highest BCUT2D eigenvalue weighted by Crippen LogP contribution is 2.32. The number of hydrogen-bond acceptors (Lipinski definition) is 2. The largest absolute Gasteiger partial charge is 0.292 e. The molecular formula is C15H7Br2ClFNO. The first-order valence-electron chi connectivity index (χ1n) is 5.78. The van der Waals surface area contributed by atoms with Gasteiger partial charge >= 0.3 is 0 Å². The number of hydrogen-bond donors (Lipinski definition) is 0. The molecule has 2 nitrogen and oxygen atoms in total. The van der Waals surface area contributed by atoms with Crippen molar-refractivity contribution in [1.29, 1.82) is 5.26 Å². The smallest absolute Gasteiger partial charge is 0.185 e. The lowest BCUT2D eigenvalue weighted by atomic mass is 9.91. The van der Waals surface area contributed by atoms with Crippen molar-refractivity contribution in [3.8, 4) is 6.07 Å². The molecule has 2 aromatic carbocycles. The number of carbonyl (C=O) groups is 1. The van der Waals surface area contributed by atoms with E-state index >= 15 is 0 Å². The maximum absolute atomic E-state index is 13.9. The SMILES string of the molecule is N#CC(C(=O)c1cc(Br)ccc1Br)c1c(F)cccc1Cl. The van der Waals surface area contributed by atoms with Crippen LogP contribution in [0.5, 0.6) is 0 Å². The second-order valence-electron chi connectivity index (χ2n) is 4.19. The summed E-state index contributed by atoms with van der Waals surface area (Å²) in [6.45, 7) is 0. The zero-order valence-electron chi connectivity index (χ0n) is 10.4. The monoisotopic (exact) mass is 429 g/mol. The van der Waals surface area contributed by atoms with Crippen LogP contribution < -0.4 is 0 Å². The van der Waals surface area contributed by atoms with Gasteiger partial charge in [-0.15, -0.1) is 0 Å². The molecule has 0 aliphatic carbocycles. The zero-order chi connectivity index (χ0) is 15.6. The van der Waals surface area contributed by atoms with Gasteiger partial charge in [-0.2, -0.15) is 5.26 Å². The third kappa shape index (κ3) is 3.34. The Hall–Kier alpha value is -1.22.